The van der Waals surface area contributed by atoms with Crippen LogP contribution in [0.2, 0.25) is 0 Å². The lowest BCUT2D eigenvalue weighted by Crippen LogP contribution is -2.35. The number of nitrogens with zero attached hydrogens (tertiary/aromatic N) is 1. The largest absolute Gasteiger partial charge is 0.396 e. The first-order chi connectivity index (χ1) is 10.3. The summed E-state index contributed by atoms with van der Waals surface area (Å²) in [5.74, 6) is -0.417. The molecular weight excluding hydrogens is 262 g/mol. The summed E-state index contributed by atoms with van der Waals surface area (Å²) in [7, 11) is 0. The van der Waals surface area contributed by atoms with Crippen molar-refractivity contribution in [2.24, 2.45) is 5.92 Å². The van der Waals surface area contributed by atoms with E-state index < -0.39 is 5.92 Å². The van der Waals surface area contributed by atoms with Crippen molar-refractivity contribution in [1.82, 2.24) is 0 Å². The van der Waals surface area contributed by atoms with E-state index in [0.717, 1.165) is 12.2 Å². The van der Waals surface area contributed by atoms with Crippen LogP contribution in [0.3, 0.4) is 0 Å². The van der Waals surface area contributed by atoms with Crippen molar-refractivity contribution in [3.8, 4) is 0 Å². The van der Waals surface area contributed by atoms with Crippen LogP contribution in [-0.2, 0) is 0 Å². The maximum atomic E-state index is 12.5. The molecule has 0 heterocycles. The first-order valence-electron chi connectivity index (χ1n) is 7.26. The van der Waals surface area contributed by atoms with Gasteiger partial charge >= 0.3 is 0 Å². The van der Waals surface area contributed by atoms with Gasteiger partial charge < -0.3 is 10.0 Å². The SMILES string of the molecule is CCN(CC(CO)C(=O)c1ccccc1)c1ccccc1. The molecule has 1 N–H and O–H groups in total. The minimum atomic E-state index is -0.410. The van der Waals surface area contributed by atoms with Crippen molar-refractivity contribution in [2.75, 3.05) is 24.6 Å². The second-order valence-electron chi connectivity index (χ2n) is 4.98. The first-order valence-corrected chi connectivity index (χ1v) is 7.26. The summed E-state index contributed by atoms with van der Waals surface area (Å²) in [5, 5.41) is 9.60. The smallest absolute Gasteiger partial charge is 0.170 e. The van der Waals surface area contributed by atoms with Gasteiger partial charge in [-0.25, -0.2) is 0 Å². The van der Waals surface area contributed by atoms with Gasteiger partial charge in [0.15, 0.2) is 5.78 Å². The fraction of sp³-hybridized carbons (Fsp3) is 0.278. The first kappa shape index (κ1) is 15.3. The van der Waals surface area contributed by atoms with Gasteiger partial charge in [-0.2, -0.15) is 0 Å². The zero-order valence-corrected chi connectivity index (χ0v) is 12.3. The van der Waals surface area contributed by atoms with Gasteiger partial charge in [0.2, 0.25) is 0 Å². The molecule has 3 nitrogen and oxygen atoms in total. The highest BCUT2D eigenvalue weighted by molar-refractivity contribution is 5.98. The molecule has 0 saturated carbocycles. The van der Waals surface area contributed by atoms with Gasteiger partial charge in [-0.15, -0.1) is 0 Å². The van der Waals surface area contributed by atoms with Gasteiger partial charge in [-0.1, -0.05) is 48.5 Å². The predicted molar refractivity (Wildman–Crippen MR) is 85.7 cm³/mol. The molecule has 0 aliphatic heterocycles. The number of anilines is 1. The quantitative estimate of drug-likeness (QED) is 0.794. The standard InChI is InChI=1S/C18H21NO2/c1-2-19(17-11-7-4-8-12-17)13-16(14-20)18(21)15-9-5-3-6-10-15/h3-12,16,20H,2,13-14H2,1H3. The van der Waals surface area contributed by atoms with E-state index >= 15 is 0 Å². The van der Waals surface area contributed by atoms with Crippen LogP contribution < -0.4 is 4.90 Å². The third-order valence-electron chi connectivity index (χ3n) is 3.59. The van der Waals surface area contributed by atoms with Gasteiger partial charge in [0.1, 0.15) is 0 Å². The summed E-state index contributed by atoms with van der Waals surface area (Å²) in [6.07, 6.45) is 0. The van der Waals surface area contributed by atoms with E-state index in [4.69, 9.17) is 0 Å². The van der Waals surface area contributed by atoms with E-state index in [9.17, 15) is 9.90 Å². The molecule has 3 heteroatoms. The fourth-order valence-corrected chi connectivity index (χ4v) is 2.38. The van der Waals surface area contributed by atoms with Crippen LogP contribution in [-0.4, -0.2) is 30.6 Å². The lowest BCUT2D eigenvalue weighted by atomic mass is 9.97. The molecule has 0 saturated heterocycles. The predicted octanol–water partition coefficient (Wildman–Crippen LogP) is 3.00. The van der Waals surface area contributed by atoms with Crippen molar-refractivity contribution in [3.05, 3.63) is 66.2 Å². The summed E-state index contributed by atoms with van der Waals surface area (Å²) in [5.41, 5.74) is 1.72. The van der Waals surface area contributed by atoms with Crippen LogP contribution in [0.4, 0.5) is 5.69 Å². The Kier molecular flexibility index (Phi) is 5.52. The molecule has 0 aromatic heterocycles. The molecule has 0 spiro atoms. The third-order valence-corrected chi connectivity index (χ3v) is 3.59. The fourth-order valence-electron chi connectivity index (χ4n) is 2.38. The van der Waals surface area contributed by atoms with E-state index in [1.54, 1.807) is 12.1 Å². The van der Waals surface area contributed by atoms with Crippen LogP contribution in [0, 0.1) is 5.92 Å². The Morgan fingerprint density at radius 2 is 1.62 bits per heavy atom. The van der Waals surface area contributed by atoms with Crippen LogP contribution in [0.15, 0.2) is 60.7 Å². The summed E-state index contributed by atoms with van der Waals surface area (Å²) in [6, 6.07) is 19.1. The molecular formula is C18H21NO2. The van der Waals surface area contributed by atoms with E-state index in [2.05, 4.69) is 11.8 Å². The van der Waals surface area contributed by atoms with E-state index in [1.165, 1.54) is 0 Å². The highest BCUT2D eigenvalue weighted by Crippen LogP contribution is 2.17. The molecule has 2 aromatic rings. The maximum absolute atomic E-state index is 12.5. The molecule has 21 heavy (non-hydrogen) atoms. The molecule has 0 aliphatic carbocycles. The third kappa shape index (κ3) is 3.92. The second-order valence-corrected chi connectivity index (χ2v) is 4.98. The number of hydrogen-bond donors (Lipinski definition) is 1. The molecule has 0 amide bonds. The van der Waals surface area contributed by atoms with Crippen molar-refractivity contribution < 1.29 is 9.90 Å². The van der Waals surface area contributed by atoms with Gasteiger partial charge in [0.05, 0.1) is 12.5 Å². The maximum Gasteiger partial charge on any atom is 0.170 e. The molecule has 1 unspecified atom stereocenters. The van der Waals surface area contributed by atoms with E-state index in [1.807, 2.05) is 48.5 Å². The van der Waals surface area contributed by atoms with Gasteiger partial charge in [-0.05, 0) is 19.1 Å². The number of hydrogen-bond acceptors (Lipinski definition) is 3. The number of rotatable bonds is 7. The molecule has 2 aromatic carbocycles. The summed E-state index contributed by atoms with van der Waals surface area (Å²) >= 11 is 0. The number of ketones is 1. The molecule has 0 radical (unpaired) electrons. The highest BCUT2D eigenvalue weighted by atomic mass is 16.3. The van der Waals surface area contributed by atoms with Crippen LogP contribution in [0.5, 0.6) is 0 Å². The Balaban J connectivity index is 2.13. The number of Topliss-reactive ketones (excluding diaryl/α,β-unsaturated/α-hetero) is 1. The van der Waals surface area contributed by atoms with Crippen LogP contribution in [0.25, 0.3) is 0 Å². The monoisotopic (exact) mass is 283 g/mol. The number of carbonyl (C=O) groups is 1. The number of aliphatic hydroxyl groups excluding tert-OH is 1. The Hall–Kier alpha value is -2.13. The number of carbonyl (C=O) groups excluding carboxylic acids is 1. The van der Waals surface area contributed by atoms with Crippen molar-refractivity contribution in [3.63, 3.8) is 0 Å². The van der Waals surface area contributed by atoms with E-state index in [-0.39, 0.29) is 12.4 Å². The Bertz CT molecular complexity index is 554. The topological polar surface area (TPSA) is 40.5 Å². The molecule has 0 aliphatic rings. The Labute approximate surface area is 125 Å². The van der Waals surface area contributed by atoms with Crippen LogP contribution in [0.1, 0.15) is 17.3 Å². The van der Waals surface area contributed by atoms with Gasteiger partial charge in [-0.3, -0.25) is 4.79 Å². The van der Waals surface area contributed by atoms with Crippen molar-refractivity contribution in [2.45, 2.75) is 6.92 Å². The minimum absolute atomic E-state index is 0.00696. The zero-order chi connectivity index (χ0) is 15.1. The average molecular weight is 283 g/mol. The molecule has 1 atom stereocenters. The van der Waals surface area contributed by atoms with Crippen molar-refractivity contribution >= 4 is 11.5 Å². The Morgan fingerprint density at radius 1 is 1.05 bits per heavy atom. The summed E-state index contributed by atoms with van der Waals surface area (Å²) in [4.78, 5) is 14.6. The lowest BCUT2D eigenvalue weighted by Gasteiger charge is -2.27. The Morgan fingerprint density at radius 3 is 2.14 bits per heavy atom. The van der Waals surface area contributed by atoms with Gasteiger partial charge in [0.25, 0.3) is 0 Å². The second kappa shape index (κ2) is 7.60. The molecule has 110 valence electrons. The molecule has 0 bridgehead atoms. The number of para-hydroxylation sites is 1. The van der Waals surface area contributed by atoms with Crippen LogP contribution >= 0.6 is 0 Å². The highest BCUT2D eigenvalue weighted by Gasteiger charge is 2.21. The summed E-state index contributed by atoms with van der Waals surface area (Å²) in [6.45, 7) is 3.22. The lowest BCUT2D eigenvalue weighted by molar-refractivity contribution is 0.0866. The zero-order valence-electron chi connectivity index (χ0n) is 12.3. The van der Waals surface area contributed by atoms with Gasteiger partial charge in [0, 0.05) is 24.3 Å². The molecule has 0 fully saturated rings. The van der Waals surface area contributed by atoms with Crippen molar-refractivity contribution in [1.29, 1.82) is 0 Å². The molecule has 2 rings (SSSR count). The normalized spacial score (nSPS) is 11.9. The van der Waals surface area contributed by atoms with E-state index in [0.29, 0.717) is 12.1 Å². The number of benzene rings is 2. The minimum Gasteiger partial charge on any atom is -0.396 e. The average Bonchev–Trinajstić information content (AvgIpc) is 2.57. The summed E-state index contributed by atoms with van der Waals surface area (Å²) < 4.78 is 0. The number of aliphatic hydroxyl groups is 1.